The number of carbonyl (C=O) groups excluding carboxylic acids is 3. The Hall–Kier alpha value is -6.01. The highest BCUT2D eigenvalue weighted by atomic mass is 16.6. The van der Waals surface area contributed by atoms with E-state index >= 15 is 0 Å². The molecule has 0 bridgehead atoms. The summed E-state index contributed by atoms with van der Waals surface area (Å²) in [6, 6.07) is 0. The van der Waals surface area contributed by atoms with Gasteiger partial charge in [0.25, 0.3) is 0 Å². The summed E-state index contributed by atoms with van der Waals surface area (Å²) in [5.74, 6) is -1.04. The first-order valence-corrected chi connectivity index (χ1v) is 32.6. The van der Waals surface area contributed by atoms with Crippen LogP contribution in [0, 0.1) is 0 Å². The lowest BCUT2D eigenvalue weighted by atomic mass is 10.1. The molecule has 1 atom stereocenters. The van der Waals surface area contributed by atoms with Crippen LogP contribution >= 0.6 is 0 Å². The SMILES string of the molecule is CC/C=C\C/C=C\C/C=C\C/C=C\C/C=C\C/C=C\C/C=C\CCCCCCCCCC(=O)OCC(COC(=O)CCCCC/C=C\C/C=C\C/C=C\CC)OC(=O)CCC/C=C\C/C=C\C/C=C\C/C=C\C/C=C\C/C=C\C/C=C\CC. The first-order valence-electron chi connectivity index (χ1n) is 32.6. The van der Waals surface area contributed by atoms with Crippen LogP contribution in [0.2, 0.25) is 0 Å². The van der Waals surface area contributed by atoms with E-state index in [-0.39, 0.29) is 37.5 Å². The van der Waals surface area contributed by atoms with Gasteiger partial charge in [-0.2, -0.15) is 0 Å². The Morgan fingerprint density at radius 2 is 0.446 bits per heavy atom. The maximum Gasteiger partial charge on any atom is 0.306 e. The summed E-state index contributed by atoms with van der Waals surface area (Å²) in [6.45, 7) is 6.20. The summed E-state index contributed by atoms with van der Waals surface area (Å²) in [4.78, 5) is 38.3. The van der Waals surface area contributed by atoms with Gasteiger partial charge in [-0.05, 0) is 161 Å². The van der Waals surface area contributed by atoms with Crippen LogP contribution in [0.5, 0.6) is 0 Å². The van der Waals surface area contributed by atoms with Gasteiger partial charge in [0, 0.05) is 19.3 Å². The second kappa shape index (κ2) is 68.5. The molecule has 6 heteroatoms. The minimum absolute atomic E-state index is 0.128. The Morgan fingerprint density at radius 3 is 0.723 bits per heavy atom. The van der Waals surface area contributed by atoms with Crippen molar-refractivity contribution in [2.45, 2.75) is 245 Å². The highest BCUT2D eigenvalue weighted by Gasteiger charge is 2.19. The molecule has 0 fully saturated rings. The lowest BCUT2D eigenvalue weighted by Crippen LogP contribution is -2.30. The van der Waals surface area contributed by atoms with Gasteiger partial charge in [0.15, 0.2) is 6.10 Å². The van der Waals surface area contributed by atoms with Crippen LogP contribution in [0.25, 0.3) is 0 Å². The lowest BCUT2D eigenvalue weighted by molar-refractivity contribution is -0.167. The van der Waals surface area contributed by atoms with Gasteiger partial charge in [0.05, 0.1) is 0 Å². The third-order valence-corrected chi connectivity index (χ3v) is 12.8. The van der Waals surface area contributed by atoms with Crippen molar-refractivity contribution >= 4 is 17.9 Å². The molecule has 0 aromatic carbocycles. The van der Waals surface area contributed by atoms with Crippen molar-refractivity contribution in [2.75, 3.05) is 13.2 Å². The van der Waals surface area contributed by atoms with Crippen molar-refractivity contribution in [1.82, 2.24) is 0 Å². The van der Waals surface area contributed by atoms with Crippen LogP contribution in [0.3, 0.4) is 0 Å². The number of rotatable bonds is 56. The molecule has 83 heavy (non-hydrogen) atoms. The normalized spacial score (nSPS) is 13.5. The molecule has 0 aliphatic rings. The number of unbranched alkanes of at least 4 members (excludes halogenated alkanes) is 11. The maximum absolute atomic E-state index is 12.9. The van der Waals surface area contributed by atoms with Gasteiger partial charge in [-0.3, -0.25) is 14.4 Å². The quantitative estimate of drug-likeness (QED) is 0.0261. The smallest absolute Gasteiger partial charge is 0.306 e. The number of esters is 3. The third kappa shape index (κ3) is 66.7. The zero-order valence-corrected chi connectivity index (χ0v) is 52.6. The molecule has 0 amide bonds. The van der Waals surface area contributed by atoms with Gasteiger partial charge in [0.1, 0.15) is 13.2 Å². The average Bonchev–Trinajstić information content (AvgIpc) is 3.49. The Labute approximate surface area is 509 Å². The van der Waals surface area contributed by atoms with Gasteiger partial charge < -0.3 is 14.2 Å². The van der Waals surface area contributed by atoms with Crippen molar-refractivity contribution in [1.29, 1.82) is 0 Å². The Morgan fingerprint density at radius 1 is 0.241 bits per heavy atom. The topological polar surface area (TPSA) is 78.9 Å². The summed E-state index contributed by atoms with van der Waals surface area (Å²) in [7, 11) is 0. The van der Waals surface area contributed by atoms with E-state index in [1.54, 1.807) is 0 Å². The molecular weight excluding hydrogens is 1020 g/mol. The second-order valence-electron chi connectivity index (χ2n) is 20.5. The molecule has 460 valence electrons. The highest BCUT2D eigenvalue weighted by Crippen LogP contribution is 2.13. The zero-order chi connectivity index (χ0) is 59.9. The lowest BCUT2D eigenvalue weighted by Gasteiger charge is -2.18. The third-order valence-electron chi connectivity index (χ3n) is 12.8. The summed E-state index contributed by atoms with van der Waals surface area (Å²) in [6.07, 6.45) is 106. The molecule has 0 saturated carbocycles. The monoisotopic (exact) mass is 1140 g/mol. The molecule has 0 N–H and O–H groups in total. The molecule has 0 spiro atoms. The summed E-state index contributed by atoms with van der Waals surface area (Å²) >= 11 is 0. The largest absolute Gasteiger partial charge is 0.462 e. The standard InChI is InChI=1S/C77H116O6/c1-4-7-10-13-16-19-22-25-27-29-31-33-35-36-37-38-39-40-42-43-45-47-49-52-55-58-61-64-67-70-76(79)82-73-74(72-81-75(78)69-66-63-60-57-54-51-24-21-18-15-12-9-6-3)83-77(80)71-68-65-62-59-56-53-50-48-46-44-41-34-32-30-28-26-23-20-17-14-11-8-5-2/h7-12,16-21,25-28,31-34,36-37,39-40,43-46,50-51,53-54,59,62,74H,4-6,13-15,22-24,29-30,35,38,41-42,47-49,52,55-58,60-61,63-73H2,1-3H3/b10-7-,11-8-,12-9-,19-16-,20-17-,21-18-,27-25-,28-26-,33-31-,34-32-,37-36-,40-39-,45-43-,46-44-,53-50-,54-51-,62-59-. The van der Waals surface area contributed by atoms with Gasteiger partial charge in [-0.1, -0.05) is 266 Å². The number of hydrogen-bond donors (Lipinski definition) is 0. The number of allylic oxidation sites excluding steroid dienone is 34. The Bertz CT molecular complexity index is 2030. The van der Waals surface area contributed by atoms with Gasteiger partial charge >= 0.3 is 17.9 Å². The predicted molar refractivity (Wildman–Crippen MR) is 361 cm³/mol. The summed E-state index contributed by atoms with van der Waals surface area (Å²) in [5.41, 5.74) is 0. The minimum Gasteiger partial charge on any atom is -0.462 e. The van der Waals surface area contributed by atoms with Crippen LogP contribution in [0.15, 0.2) is 207 Å². The predicted octanol–water partition coefficient (Wildman–Crippen LogP) is 22.8. The van der Waals surface area contributed by atoms with Crippen molar-refractivity contribution in [3.05, 3.63) is 207 Å². The molecule has 0 radical (unpaired) electrons. The second-order valence-corrected chi connectivity index (χ2v) is 20.5. The molecular formula is C77H116O6. The summed E-state index contributed by atoms with van der Waals surface area (Å²) < 4.78 is 16.8. The Balaban J connectivity index is 4.50. The van der Waals surface area contributed by atoms with Crippen molar-refractivity contribution < 1.29 is 28.6 Å². The molecule has 0 aliphatic heterocycles. The molecule has 0 aromatic rings. The van der Waals surface area contributed by atoms with Crippen LogP contribution in [-0.4, -0.2) is 37.2 Å². The fourth-order valence-corrected chi connectivity index (χ4v) is 8.01. The van der Waals surface area contributed by atoms with E-state index in [1.807, 2.05) is 0 Å². The summed E-state index contributed by atoms with van der Waals surface area (Å²) in [5, 5.41) is 0. The maximum atomic E-state index is 12.9. The first-order chi connectivity index (χ1) is 41.0. The number of ether oxygens (including phenoxy) is 3. The van der Waals surface area contributed by atoms with E-state index in [2.05, 4.69) is 227 Å². The molecule has 1 unspecified atom stereocenters. The van der Waals surface area contributed by atoms with Crippen LogP contribution in [0.1, 0.15) is 239 Å². The molecule has 0 aliphatic carbocycles. The fourth-order valence-electron chi connectivity index (χ4n) is 8.01. The van der Waals surface area contributed by atoms with Crippen molar-refractivity contribution in [2.24, 2.45) is 0 Å². The fraction of sp³-hybridized carbons (Fsp3) is 0.519. The van der Waals surface area contributed by atoms with Crippen molar-refractivity contribution in [3.63, 3.8) is 0 Å². The molecule has 0 aromatic heterocycles. The number of hydrogen-bond acceptors (Lipinski definition) is 6. The average molecular weight is 1140 g/mol. The van der Waals surface area contributed by atoms with Gasteiger partial charge in [-0.25, -0.2) is 0 Å². The van der Waals surface area contributed by atoms with Crippen LogP contribution < -0.4 is 0 Å². The van der Waals surface area contributed by atoms with E-state index in [9.17, 15) is 14.4 Å². The van der Waals surface area contributed by atoms with Gasteiger partial charge in [-0.15, -0.1) is 0 Å². The molecule has 6 nitrogen and oxygen atoms in total. The van der Waals surface area contributed by atoms with Crippen molar-refractivity contribution in [3.8, 4) is 0 Å². The van der Waals surface area contributed by atoms with E-state index in [0.29, 0.717) is 19.3 Å². The van der Waals surface area contributed by atoms with Crippen LogP contribution in [0.4, 0.5) is 0 Å². The van der Waals surface area contributed by atoms with E-state index in [0.717, 1.165) is 173 Å². The molecule has 0 heterocycles. The van der Waals surface area contributed by atoms with E-state index in [1.165, 1.54) is 19.3 Å². The highest BCUT2D eigenvalue weighted by molar-refractivity contribution is 5.71. The molecule has 0 saturated heterocycles. The van der Waals surface area contributed by atoms with Crippen LogP contribution in [-0.2, 0) is 28.6 Å². The number of carbonyl (C=O) groups is 3. The van der Waals surface area contributed by atoms with Gasteiger partial charge in [0.2, 0.25) is 0 Å². The molecule has 0 rings (SSSR count). The first kappa shape index (κ1) is 77.0. The Kier molecular flexibility index (Phi) is 63.5. The van der Waals surface area contributed by atoms with E-state index in [4.69, 9.17) is 14.2 Å². The van der Waals surface area contributed by atoms with E-state index < -0.39 is 6.10 Å². The minimum atomic E-state index is -0.840. The zero-order valence-electron chi connectivity index (χ0n) is 52.6.